The van der Waals surface area contributed by atoms with Crippen molar-refractivity contribution in [2.75, 3.05) is 19.4 Å². The zero-order valence-electron chi connectivity index (χ0n) is 12.5. The molecule has 122 valence electrons. The van der Waals surface area contributed by atoms with Crippen LogP contribution in [0.15, 0.2) is 48.5 Å². The predicted octanol–water partition coefficient (Wildman–Crippen LogP) is 2.96. The average molecular weight is 356 g/mol. The highest BCUT2D eigenvalue weighted by molar-refractivity contribution is 7.85. The Morgan fingerprint density at radius 3 is 2.26 bits per heavy atom. The predicted molar refractivity (Wildman–Crippen MR) is 91.0 cm³/mol. The number of hydrogen-bond donors (Lipinski definition) is 2. The van der Waals surface area contributed by atoms with Gasteiger partial charge in [0.1, 0.15) is 5.69 Å². The molecule has 23 heavy (non-hydrogen) atoms. The molecule has 2 aromatic rings. The summed E-state index contributed by atoms with van der Waals surface area (Å²) in [4.78, 5) is 12.2. The first-order chi connectivity index (χ1) is 10.6. The minimum atomic E-state index is -4.32. The summed E-state index contributed by atoms with van der Waals surface area (Å²) in [6, 6.07) is 12.7. The quantitative estimate of drug-likeness (QED) is 0.652. The third-order valence-electron chi connectivity index (χ3n) is 3.41. The Morgan fingerprint density at radius 2 is 1.74 bits per heavy atom. The van der Waals surface area contributed by atoms with Crippen molar-refractivity contribution in [3.63, 3.8) is 0 Å². The minimum Gasteiger partial charge on any atom is -0.322 e. The molecule has 0 heterocycles. The van der Waals surface area contributed by atoms with Crippen LogP contribution in [0.2, 0.25) is 5.02 Å². The molecule has 0 aliphatic rings. The first-order valence-electron chi connectivity index (χ1n) is 6.60. The summed E-state index contributed by atoms with van der Waals surface area (Å²) in [5.41, 5.74) is 1.23. The highest BCUT2D eigenvalue weighted by Crippen LogP contribution is 2.23. The van der Waals surface area contributed by atoms with Gasteiger partial charge in [0.2, 0.25) is 0 Å². The van der Waals surface area contributed by atoms with E-state index >= 15 is 0 Å². The van der Waals surface area contributed by atoms with E-state index in [1.54, 1.807) is 24.3 Å². The second-order valence-corrected chi connectivity index (χ2v) is 7.56. The molecule has 2 rings (SSSR count). The van der Waals surface area contributed by atoms with Gasteiger partial charge in [0, 0.05) is 28.4 Å². The van der Waals surface area contributed by atoms with E-state index in [0.29, 0.717) is 22.0 Å². The van der Waals surface area contributed by atoms with Crippen LogP contribution in [0.4, 0.5) is 11.4 Å². The number of anilines is 1. The van der Waals surface area contributed by atoms with Crippen LogP contribution in [0.5, 0.6) is 0 Å². The summed E-state index contributed by atoms with van der Waals surface area (Å²) < 4.78 is 31.3. The van der Waals surface area contributed by atoms with Gasteiger partial charge in [-0.05, 0) is 30.3 Å². The first kappa shape index (κ1) is 17.4. The average Bonchev–Trinajstić information content (AvgIpc) is 2.46. The second-order valence-electron chi connectivity index (χ2n) is 5.31. The topological polar surface area (TPSA) is 83.5 Å². The van der Waals surface area contributed by atoms with Crippen molar-refractivity contribution in [1.82, 2.24) is 3.89 Å². The Bertz CT molecular complexity index is 833. The molecule has 1 amide bonds. The van der Waals surface area contributed by atoms with Crippen LogP contribution in [0.1, 0.15) is 10.4 Å². The van der Waals surface area contributed by atoms with Gasteiger partial charge in [-0.1, -0.05) is 17.7 Å². The number of amides is 1. The fourth-order valence-electron chi connectivity index (χ4n) is 1.87. The lowest BCUT2D eigenvalue weighted by atomic mass is 10.2. The molecule has 0 unspecified atom stereocenters. The van der Waals surface area contributed by atoms with Gasteiger partial charge in [0.15, 0.2) is 0 Å². The minimum absolute atomic E-state index is 0.326. The molecule has 0 aliphatic carbocycles. The van der Waals surface area contributed by atoms with Crippen molar-refractivity contribution in [1.29, 1.82) is 0 Å². The number of quaternary nitrogens is 1. The molecule has 6 nitrogen and oxygen atoms in total. The molecule has 2 N–H and O–H groups in total. The van der Waals surface area contributed by atoms with E-state index in [9.17, 15) is 17.8 Å². The molecule has 2 aromatic carbocycles. The fraction of sp³-hybridized carbons (Fsp3) is 0.133. The van der Waals surface area contributed by atoms with Crippen LogP contribution >= 0.6 is 11.6 Å². The van der Waals surface area contributed by atoms with E-state index in [1.165, 1.54) is 38.4 Å². The van der Waals surface area contributed by atoms with E-state index in [4.69, 9.17) is 11.6 Å². The number of carbonyl (C=O) groups excluding carboxylic acids is 1. The number of benzene rings is 2. The first-order valence-corrected chi connectivity index (χ1v) is 8.38. The molecular formula is C15H16ClN2O4S+. The molecule has 0 bridgehead atoms. The lowest BCUT2D eigenvalue weighted by Gasteiger charge is -2.23. The van der Waals surface area contributed by atoms with Gasteiger partial charge >= 0.3 is 10.3 Å². The third kappa shape index (κ3) is 3.89. The van der Waals surface area contributed by atoms with Crippen LogP contribution in [-0.2, 0) is 10.3 Å². The molecule has 8 heteroatoms. The summed E-state index contributed by atoms with van der Waals surface area (Å²) in [5.74, 6) is -0.351. The fourth-order valence-corrected chi connectivity index (χ4v) is 2.45. The van der Waals surface area contributed by atoms with Gasteiger partial charge in [-0.3, -0.25) is 4.79 Å². The summed E-state index contributed by atoms with van der Waals surface area (Å²) in [5, 5.41) is 3.20. The Kier molecular flexibility index (Phi) is 4.76. The summed E-state index contributed by atoms with van der Waals surface area (Å²) in [7, 11) is -1.66. The Balaban J connectivity index is 2.21. The number of carbonyl (C=O) groups is 1. The van der Waals surface area contributed by atoms with Crippen LogP contribution in [0, 0.1) is 0 Å². The number of nitrogens with zero attached hydrogens (tertiary/aromatic N) is 1. The second kappa shape index (κ2) is 6.29. The molecule has 0 atom stereocenters. The molecule has 0 aromatic heterocycles. The number of hydrogen-bond acceptors (Lipinski definition) is 3. The maximum Gasteiger partial charge on any atom is 0.437 e. The normalized spacial score (nSPS) is 12.0. The van der Waals surface area contributed by atoms with Crippen molar-refractivity contribution in [3.8, 4) is 0 Å². The van der Waals surface area contributed by atoms with Crippen LogP contribution in [-0.4, -0.2) is 33.0 Å². The van der Waals surface area contributed by atoms with Crippen molar-refractivity contribution in [2.24, 2.45) is 0 Å². The van der Waals surface area contributed by atoms with Crippen LogP contribution in [0.3, 0.4) is 0 Å². The van der Waals surface area contributed by atoms with E-state index in [1.807, 2.05) is 0 Å². The zero-order valence-corrected chi connectivity index (χ0v) is 14.1. The van der Waals surface area contributed by atoms with Gasteiger partial charge in [0.25, 0.3) is 5.91 Å². The molecule has 0 saturated heterocycles. The van der Waals surface area contributed by atoms with Crippen molar-refractivity contribution < 1.29 is 17.8 Å². The van der Waals surface area contributed by atoms with Crippen LogP contribution < -0.4 is 9.21 Å². The zero-order chi connectivity index (χ0) is 17.3. The molecule has 0 aliphatic heterocycles. The Morgan fingerprint density at radius 1 is 1.13 bits per heavy atom. The van der Waals surface area contributed by atoms with Gasteiger partial charge in [-0.15, -0.1) is 8.42 Å². The largest absolute Gasteiger partial charge is 0.437 e. The van der Waals surface area contributed by atoms with Crippen LogP contribution in [0.25, 0.3) is 0 Å². The Hall–Kier alpha value is -1.93. The van der Waals surface area contributed by atoms with Gasteiger partial charge in [-0.2, -0.15) is 3.89 Å². The standard InChI is InChI=1S/C15H15ClN2O4S/c1-18(2,23(20,21)22)14-8-6-11(7-9-14)15(19)17-13-5-3-4-12(16)10-13/h3-10H,1-2H3,(H-,17,19,20,21,22)/p+1. The number of nitrogens with one attached hydrogen (secondary N) is 1. The SMILES string of the molecule is C[N+](C)(c1ccc(C(=O)Nc2cccc(Cl)c2)cc1)S(=O)(=O)O. The summed E-state index contributed by atoms with van der Waals surface area (Å²) in [6.45, 7) is 0. The Labute approximate surface area is 139 Å². The van der Waals surface area contributed by atoms with Crippen molar-refractivity contribution in [2.45, 2.75) is 0 Å². The van der Waals surface area contributed by atoms with E-state index < -0.39 is 14.2 Å². The smallest absolute Gasteiger partial charge is 0.322 e. The van der Waals surface area contributed by atoms with Crippen molar-refractivity contribution >= 4 is 39.2 Å². The highest BCUT2D eigenvalue weighted by atomic mass is 35.5. The van der Waals surface area contributed by atoms with Gasteiger partial charge < -0.3 is 5.32 Å². The van der Waals surface area contributed by atoms with Gasteiger partial charge in [-0.25, -0.2) is 4.55 Å². The lowest BCUT2D eigenvalue weighted by molar-refractivity contribution is 0.102. The third-order valence-corrected chi connectivity index (χ3v) is 5.01. The van der Waals surface area contributed by atoms with E-state index in [2.05, 4.69) is 5.32 Å². The van der Waals surface area contributed by atoms with E-state index in [0.717, 1.165) is 0 Å². The van der Waals surface area contributed by atoms with Gasteiger partial charge in [0.05, 0.1) is 14.1 Å². The highest BCUT2D eigenvalue weighted by Gasteiger charge is 2.33. The lowest BCUT2D eigenvalue weighted by Crippen LogP contribution is -2.45. The number of rotatable bonds is 4. The molecule has 0 fully saturated rings. The molecular weight excluding hydrogens is 340 g/mol. The van der Waals surface area contributed by atoms with Crippen molar-refractivity contribution in [3.05, 3.63) is 59.1 Å². The maximum atomic E-state index is 12.2. The summed E-state index contributed by atoms with van der Waals surface area (Å²) in [6.07, 6.45) is 0. The van der Waals surface area contributed by atoms with E-state index in [-0.39, 0.29) is 5.91 Å². The molecule has 0 radical (unpaired) electrons. The molecule has 0 saturated carbocycles. The molecule has 0 spiro atoms. The maximum absolute atomic E-state index is 12.2. The summed E-state index contributed by atoms with van der Waals surface area (Å²) >= 11 is 5.85. The monoisotopic (exact) mass is 355 g/mol. The number of halogens is 1.